The van der Waals surface area contributed by atoms with Crippen LogP contribution in [0.4, 0.5) is 4.39 Å². The lowest BCUT2D eigenvalue weighted by Gasteiger charge is -2.27. The third-order valence-corrected chi connectivity index (χ3v) is 4.93. The maximum atomic E-state index is 13.2. The van der Waals surface area contributed by atoms with E-state index in [4.69, 9.17) is 21.2 Å². The molecule has 2 aromatic rings. The Morgan fingerprint density at radius 2 is 1.97 bits per heavy atom. The molecule has 3 rings (SSSR count). The lowest BCUT2D eigenvalue weighted by Crippen LogP contribution is -2.39. The van der Waals surface area contributed by atoms with E-state index in [2.05, 4.69) is 10.1 Å². The summed E-state index contributed by atoms with van der Waals surface area (Å²) in [5, 5.41) is 15.2. The van der Waals surface area contributed by atoms with E-state index in [9.17, 15) is 9.50 Å². The summed E-state index contributed by atoms with van der Waals surface area (Å²) in [6.07, 6.45) is -0.0720. The van der Waals surface area contributed by atoms with Gasteiger partial charge in [-0.2, -0.15) is 0 Å². The van der Waals surface area contributed by atoms with Crippen molar-refractivity contribution in [2.75, 3.05) is 26.3 Å². The van der Waals surface area contributed by atoms with Gasteiger partial charge < -0.3 is 14.7 Å². The van der Waals surface area contributed by atoms with Crippen molar-refractivity contribution >= 4 is 17.3 Å². The van der Waals surface area contributed by atoms with Crippen LogP contribution in [0.3, 0.4) is 0 Å². The third-order valence-electron chi connectivity index (χ3n) is 4.68. The summed E-state index contributed by atoms with van der Waals surface area (Å²) in [6.45, 7) is 4.30. The summed E-state index contributed by atoms with van der Waals surface area (Å²) in [5.74, 6) is -0.267. The average Bonchev–Trinajstić information content (AvgIpc) is 3.17. The number of oxime groups is 1. The minimum Gasteiger partial charge on any atom is -0.390 e. The van der Waals surface area contributed by atoms with Gasteiger partial charge in [-0.1, -0.05) is 41.0 Å². The number of hydrogen-bond donors (Lipinski definition) is 1. The highest BCUT2D eigenvalue weighted by molar-refractivity contribution is 6.30. The fourth-order valence-electron chi connectivity index (χ4n) is 3.28. The molecule has 2 atom stereocenters. The smallest absolute Gasteiger partial charge is 0.145 e. The van der Waals surface area contributed by atoms with Crippen molar-refractivity contribution in [1.29, 1.82) is 0 Å². The fourth-order valence-corrected chi connectivity index (χ4v) is 3.41. The predicted molar refractivity (Wildman–Crippen MR) is 112 cm³/mol. The quantitative estimate of drug-likeness (QED) is 0.634. The molecule has 5 nitrogen and oxygen atoms in total. The van der Waals surface area contributed by atoms with Crippen LogP contribution in [0, 0.1) is 5.82 Å². The van der Waals surface area contributed by atoms with Gasteiger partial charge in [0.1, 0.15) is 11.9 Å². The average molecular weight is 421 g/mol. The molecular weight excluding hydrogens is 395 g/mol. The summed E-state index contributed by atoms with van der Waals surface area (Å²) in [6, 6.07) is 13.9. The van der Waals surface area contributed by atoms with Crippen LogP contribution in [0.15, 0.2) is 53.7 Å². The van der Waals surface area contributed by atoms with E-state index in [0.717, 1.165) is 16.8 Å². The summed E-state index contributed by atoms with van der Waals surface area (Å²) in [5.41, 5.74) is 2.83. The van der Waals surface area contributed by atoms with Gasteiger partial charge in [-0.05, 0) is 42.3 Å². The molecule has 0 aromatic heterocycles. The van der Waals surface area contributed by atoms with E-state index < -0.39 is 6.10 Å². The topological polar surface area (TPSA) is 54.3 Å². The molecule has 1 N–H and O–H groups in total. The van der Waals surface area contributed by atoms with Crippen molar-refractivity contribution < 1.29 is 19.1 Å². The van der Waals surface area contributed by atoms with E-state index in [1.54, 1.807) is 12.1 Å². The number of ether oxygens (including phenoxy) is 1. The Bertz CT molecular complexity index is 799. The van der Waals surface area contributed by atoms with Crippen LogP contribution >= 0.6 is 11.6 Å². The zero-order valence-corrected chi connectivity index (χ0v) is 17.2. The number of aliphatic hydroxyl groups is 1. The second kappa shape index (κ2) is 10.7. The molecule has 29 heavy (non-hydrogen) atoms. The minimum absolute atomic E-state index is 0.125. The van der Waals surface area contributed by atoms with E-state index >= 15 is 0 Å². The summed E-state index contributed by atoms with van der Waals surface area (Å²) >= 11 is 5.95. The van der Waals surface area contributed by atoms with E-state index in [1.807, 2.05) is 31.2 Å². The third kappa shape index (κ3) is 6.78. The van der Waals surface area contributed by atoms with Gasteiger partial charge in [-0.3, -0.25) is 4.90 Å². The second-order valence-corrected chi connectivity index (χ2v) is 7.55. The van der Waals surface area contributed by atoms with Gasteiger partial charge in [0.25, 0.3) is 0 Å². The Labute approximate surface area is 175 Å². The van der Waals surface area contributed by atoms with Crippen molar-refractivity contribution in [2.45, 2.75) is 32.1 Å². The van der Waals surface area contributed by atoms with E-state index in [1.165, 1.54) is 12.1 Å². The largest absolute Gasteiger partial charge is 0.390 e. The van der Waals surface area contributed by atoms with Crippen LogP contribution < -0.4 is 0 Å². The number of aliphatic hydroxyl groups excluding tert-OH is 1. The highest BCUT2D eigenvalue weighted by Crippen LogP contribution is 2.20. The van der Waals surface area contributed by atoms with Crippen molar-refractivity contribution in [1.82, 2.24) is 4.90 Å². The molecule has 0 saturated carbocycles. The molecule has 0 bridgehead atoms. The van der Waals surface area contributed by atoms with Gasteiger partial charge in [0.05, 0.1) is 18.4 Å². The molecular formula is C22H26ClFN2O3. The molecule has 0 amide bonds. The lowest BCUT2D eigenvalue weighted by atomic mass is 10.0. The van der Waals surface area contributed by atoms with Crippen LogP contribution in [-0.2, 0) is 16.1 Å². The van der Waals surface area contributed by atoms with Crippen molar-refractivity contribution in [3.63, 3.8) is 0 Å². The number of rotatable bonds is 10. The molecule has 1 heterocycles. The number of halogens is 2. The fraction of sp³-hybridized carbons (Fsp3) is 0.409. The number of hydrogen-bond acceptors (Lipinski definition) is 5. The summed E-state index contributed by atoms with van der Waals surface area (Å²) < 4.78 is 18.5. The number of benzene rings is 2. The van der Waals surface area contributed by atoms with Crippen LogP contribution in [0.1, 0.15) is 24.5 Å². The van der Waals surface area contributed by atoms with E-state index in [0.29, 0.717) is 37.7 Å². The Morgan fingerprint density at radius 1 is 1.24 bits per heavy atom. The van der Waals surface area contributed by atoms with Crippen molar-refractivity contribution in [2.24, 2.45) is 5.16 Å². The van der Waals surface area contributed by atoms with Gasteiger partial charge in [0.2, 0.25) is 0 Å². The molecule has 1 aliphatic rings. The molecule has 0 radical (unpaired) electrons. The second-order valence-electron chi connectivity index (χ2n) is 7.11. The van der Waals surface area contributed by atoms with E-state index in [-0.39, 0.29) is 18.5 Å². The Hall–Kier alpha value is -1.99. The van der Waals surface area contributed by atoms with Gasteiger partial charge in [0.15, 0.2) is 0 Å². The Kier molecular flexibility index (Phi) is 8.00. The molecule has 0 aliphatic carbocycles. The first-order chi connectivity index (χ1) is 14.0. The van der Waals surface area contributed by atoms with Gasteiger partial charge in [-0.25, -0.2) is 4.39 Å². The zero-order valence-electron chi connectivity index (χ0n) is 16.4. The monoisotopic (exact) mass is 420 g/mol. The number of nitrogens with zero attached hydrogens (tertiary/aromatic N) is 2. The first-order valence-electron chi connectivity index (χ1n) is 9.74. The molecule has 0 saturated heterocycles. The highest BCUT2D eigenvalue weighted by Gasteiger charge is 2.25. The molecule has 0 spiro atoms. The van der Waals surface area contributed by atoms with Crippen molar-refractivity contribution in [3.8, 4) is 0 Å². The standard InChI is InChI=1S/C22H26ClFN2O3/c1-2-28-15-20(27)13-26(12-16-3-9-19(24)10-4-16)14-21-11-22(25-29-21)17-5-7-18(23)8-6-17/h3-10,20-21,27H,2,11-15H2,1H3/t20-,21-/m0/s1. The van der Waals surface area contributed by atoms with Gasteiger partial charge in [0, 0.05) is 37.7 Å². The normalized spacial score (nSPS) is 17.3. The van der Waals surface area contributed by atoms with Crippen LogP contribution in [-0.4, -0.2) is 54.2 Å². The molecule has 0 unspecified atom stereocenters. The first-order valence-corrected chi connectivity index (χ1v) is 10.1. The minimum atomic E-state index is -0.617. The first kappa shape index (κ1) is 21.7. The molecule has 7 heteroatoms. The van der Waals surface area contributed by atoms with Gasteiger partial charge >= 0.3 is 0 Å². The molecule has 156 valence electrons. The van der Waals surface area contributed by atoms with Crippen molar-refractivity contribution in [3.05, 3.63) is 70.5 Å². The van der Waals surface area contributed by atoms with Crippen LogP contribution in [0.5, 0.6) is 0 Å². The molecule has 0 fully saturated rings. The molecule has 1 aliphatic heterocycles. The Balaban J connectivity index is 1.61. The summed E-state index contributed by atoms with van der Waals surface area (Å²) in [4.78, 5) is 7.73. The van der Waals surface area contributed by atoms with Gasteiger partial charge in [-0.15, -0.1) is 0 Å². The highest BCUT2D eigenvalue weighted by atomic mass is 35.5. The Morgan fingerprint density at radius 3 is 2.66 bits per heavy atom. The molecule has 2 aromatic carbocycles. The summed E-state index contributed by atoms with van der Waals surface area (Å²) in [7, 11) is 0. The lowest BCUT2D eigenvalue weighted by molar-refractivity contribution is 0.000489. The zero-order chi connectivity index (χ0) is 20.6. The maximum Gasteiger partial charge on any atom is 0.145 e. The van der Waals surface area contributed by atoms with Crippen LogP contribution in [0.25, 0.3) is 0 Å². The van der Waals surface area contributed by atoms with Crippen LogP contribution in [0.2, 0.25) is 5.02 Å². The predicted octanol–water partition coefficient (Wildman–Crippen LogP) is 3.87. The SMILES string of the molecule is CCOC[C@@H](O)CN(Cc1ccc(F)cc1)C[C@@H]1CC(c2ccc(Cl)cc2)=NO1. The maximum absolute atomic E-state index is 13.2.